The van der Waals surface area contributed by atoms with Crippen LogP contribution in [0.1, 0.15) is 45.6 Å². The minimum absolute atomic E-state index is 0.0545. The summed E-state index contributed by atoms with van der Waals surface area (Å²) in [5, 5.41) is 8.42. The number of allylic oxidation sites excluding steroid dienone is 1. The maximum atomic E-state index is 13.6. The summed E-state index contributed by atoms with van der Waals surface area (Å²) in [6, 6.07) is 5.19. The van der Waals surface area contributed by atoms with Crippen LogP contribution in [0.25, 0.3) is 11.2 Å². The first-order chi connectivity index (χ1) is 19.8. The number of carbonyl (C=O) groups is 1. The minimum Gasteiger partial charge on any atom is -0.496 e. The maximum absolute atomic E-state index is 13.6. The molecule has 0 bridgehead atoms. The number of likely N-dealkylation sites (tertiary alicyclic amines) is 1. The lowest BCUT2D eigenvalue weighted by atomic mass is 10.0. The number of carbonyl (C=O) groups excluding carboxylic acids is 1. The van der Waals surface area contributed by atoms with E-state index in [0.29, 0.717) is 71.1 Å². The lowest BCUT2D eigenvalue weighted by Gasteiger charge is -2.39. The Hall–Kier alpha value is -4.26. The smallest absolute Gasteiger partial charge is 0.401 e. The van der Waals surface area contributed by atoms with Gasteiger partial charge in [0.05, 0.1) is 31.3 Å². The molecule has 13 heteroatoms. The lowest BCUT2D eigenvalue weighted by molar-refractivity contribution is -0.147. The zero-order valence-corrected chi connectivity index (χ0v) is 24.1. The number of rotatable bonds is 9. The lowest BCUT2D eigenvalue weighted by Crippen LogP contribution is -2.46. The zero-order valence-electron chi connectivity index (χ0n) is 24.1. The number of piperidine rings is 1. The van der Waals surface area contributed by atoms with Crippen molar-refractivity contribution in [3.8, 4) is 5.75 Å². The van der Waals surface area contributed by atoms with Crippen LogP contribution < -0.4 is 31.7 Å². The van der Waals surface area contributed by atoms with Gasteiger partial charge in [-0.1, -0.05) is 0 Å². The average molecular weight is 589 g/mol. The number of aromatic amines is 1. The Morgan fingerprint density at radius 1 is 1.26 bits per heavy atom. The van der Waals surface area contributed by atoms with E-state index >= 15 is 0 Å². The molecule has 0 aliphatic carbocycles. The number of nitrogens with zero attached hydrogens (tertiary/aromatic N) is 3. The van der Waals surface area contributed by atoms with Gasteiger partial charge in [-0.2, -0.15) is 13.2 Å². The van der Waals surface area contributed by atoms with E-state index in [-0.39, 0.29) is 23.7 Å². The van der Waals surface area contributed by atoms with Gasteiger partial charge in [0.25, 0.3) is 11.5 Å². The van der Waals surface area contributed by atoms with Crippen LogP contribution in [0.3, 0.4) is 0 Å². The highest BCUT2D eigenvalue weighted by Gasteiger charge is 2.34. The van der Waals surface area contributed by atoms with Gasteiger partial charge in [-0.15, -0.1) is 0 Å². The highest BCUT2D eigenvalue weighted by molar-refractivity contribution is 5.99. The molecule has 4 heterocycles. The third-order valence-electron chi connectivity index (χ3n) is 7.72. The molecule has 0 unspecified atom stereocenters. The number of nitrogens with two attached hydrogens (primary N) is 2. The Morgan fingerprint density at radius 2 is 1.95 bits per heavy atom. The average Bonchev–Trinajstić information content (AvgIpc) is 3.34. The normalized spacial score (nSPS) is 15.2. The number of fused-ring (bicyclic) bond motifs is 1. The van der Waals surface area contributed by atoms with Crippen LogP contribution in [-0.4, -0.2) is 72.4 Å². The third-order valence-corrected chi connectivity index (χ3v) is 7.72. The molecule has 1 fully saturated rings. The number of ether oxygens (including phenoxy) is 1. The van der Waals surface area contributed by atoms with E-state index in [4.69, 9.17) is 15.9 Å². The second-order valence-electron chi connectivity index (χ2n) is 10.6. The number of nitrogens with one attached hydrogen (secondary N) is 2. The Labute approximate surface area is 241 Å². The van der Waals surface area contributed by atoms with Crippen LogP contribution in [0.15, 0.2) is 35.3 Å². The first kappa shape index (κ1) is 30.7. The fraction of sp³-hybridized carbons (Fsp3) is 0.414. The monoisotopic (exact) mass is 588 g/mol. The van der Waals surface area contributed by atoms with Gasteiger partial charge in [-0.3, -0.25) is 19.9 Å². The highest BCUT2D eigenvalue weighted by atomic mass is 19.4. The fourth-order valence-corrected chi connectivity index (χ4v) is 5.62. The largest absolute Gasteiger partial charge is 0.496 e. The second-order valence-corrected chi connectivity index (χ2v) is 10.6. The Balaban J connectivity index is 1.71. The van der Waals surface area contributed by atoms with Crippen LogP contribution in [0.5, 0.6) is 5.75 Å². The second kappa shape index (κ2) is 12.3. The number of pyridine rings is 2. The maximum Gasteiger partial charge on any atom is 0.401 e. The van der Waals surface area contributed by atoms with Crippen molar-refractivity contribution in [3.63, 3.8) is 0 Å². The van der Waals surface area contributed by atoms with E-state index in [2.05, 4.69) is 10.3 Å². The van der Waals surface area contributed by atoms with Gasteiger partial charge < -0.3 is 30.1 Å². The molecule has 10 nitrogen and oxygen atoms in total. The van der Waals surface area contributed by atoms with Crippen molar-refractivity contribution < 1.29 is 28.1 Å². The number of halogens is 3. The number of amides is 1. The number of aryl methyl sites for hydroxylation is 1. The molecular formula is C29H37F3N7O3+. The molecule has 42 heavy (non-hydrogen) atoms. The van der Waals surface area contributed by atoms with Crippen LogP contribution in [0.2, 0.25) is 0 Å². The molecule has 1 aliphatic heterocycles. The summed E-state index contributed by atoms with van der Waals surface area (Å²) < 4.78 is 46.1. The van der Waals surface area contributed by atoms with Gasteiger partial charge in [0, 0.05) is 66.5 Å². The molecular weight excluding hydrogens is 551 g/mol. The van der Waals surface area contributed by atoms with Crippen molar-refractivity contribution in [2.45, 2.75) is 45.5 Å². The number of hydrogen-bond acceptors (Lipinski definition) is 6. The molecule has 3 aromatic rings. The zero-order chi connectivity index (χ0) is 30.8. The molecule has 0 aromatic carbocycles. The van der Waals surface area contributed by atoms with Crippen molar-refractivity contribution in [2.75, 3.05) is 38.7 Å². The summed E-state index contributed by atoms with van der Waals surface area (Å²) in [6.45, 7) is 3.18. The van der Waals surface area contributed by atoms with E-state index in [0.717, 1.165) is 0 Å². The number of H-pyrrole nitrogens is 1. The molecule has 1 amide bonds. The molecule has 0 atom stereocenters. The van der Waals surface area contributed by atoms with Crippen LogP contribution in [0.4, 0.5) is 19.0 Å². The molecule has 4 rings (SSSR count). The summed E-state index contributed by atoms with van der Waals surface area (Å²) in [5.41, 5.74) is 9.59. The number of methoxy groups -OCH3 is 1. The minimum atomic E-state index is -4.24. The first-order valence-electron chi connectivity index (χ1n) is 13.6. The van der Waals surface area contributed by atoms with Crippen molar-refractivity contribution in [1.82, 2.24) is 19.6 Å². The molecule has 1 saturated heterocycles. The van der Waals surface area contributed by atoms with E-state index in [1.54, 1.807) is 25.1 Å². The van der Waals surface area contributed by atoms with Gasteiger partial charge in [-0.05, 0) is 44.9 Å². The summed E-state index contributed by atoms with van der Waals surface area (Å²) >= 11 is 0. The molecule has 0 saturated carbocycles. The summed E-state index contributed by atoms with van der Waals surface area (Å²) in [7, 11) is 3.34. The Bertz CT molecular complexity index is 1570. The quantitative estimate of drug-likeness (QED) is 0.282. The van der Waals surface area contributed by atoms with Crippen LogP contribution >= 0.6 is 0 Å². The first-order valence-corrected chi connectivity index (χ1v) is 13.6. The SMILES string of the molecule is COc1cc(C)[nH]c(=O)c1CNC(=O)c1cc2c(/C(N)=C/C=[NH2+])ccn2c(N(C)C2CCN(CC(F)(F)F)CC2)c1C. The molecule has 1 aliphatic rings. The van der Waals surface area contributed by atoms with Crippen LogP contribution in [-0.2, 0) is 6.54 Å². The van der Waals surface area contributed by atoms with E-state index < -0.39 is 18.6 Å². The summed E-state index contributed by atoms with van der Waals surface area (Å²) in [5.74, 6) is 0.672. The summed E-state index contributed by atoms with van der Waals surface area (Å²) in [6.07, 6.45) is 1.54. The van der Waals surface area contributed by atoms with Crippen molar-refractivity contribution in [2.24, 2.45) is 5.73 Å². The van der Waals surface area contributed by atoms with Gasteiger partial charge >= 0.3 is 6.18 Å². The molecule has 0 spiro atoms. The van der Waals surface area contributed by atoms with E-state index in [9.17, 15) is 22.8 Å². The Kier molecular flexibility index (Phi) is 9.00. The van der Waals surface area contributed by atoms with Crippen molar-refractivity contribution >= 4 is 29.2 Å². The van der Waals surface area contributed by atoms with Crippen molar-refractivity contribution in [1.29, 1.82) is 0 Å². The summed E-state index contributed by atoms with van der Waals surface area (Å²) in [4.78, 5) is 32.4. The predicted molar refractivity (Wildman–Crippen MR) is 156 cm³/mol. The van der Waals surface area contributed by atoms with E-state index in [1.165, 1.54) is 18.2 Å². The molecule has 3 aromatic heterocycles. The van der Waals surface area contributed by atoms with Gasteiger partial charge in [0.15, 0.2) is 6.21 Å². The Morgan fingerprint density at radius 3 is 2.57 bits per heavy atom. The number of aromatic nitrogens is 2. The topological polar surface area (TPSA) is 134 Å². The highest BCUT2D eigenvalue weighted by Crippen LogP contribution is 2.33. The molecule has 6 N–H and O–H groups in total. The van der Waals surface area contributed by atoms with Gasteiger partial charge in [-0.25, -0.2) is 0 Å². The predicted octanol–water partition coefficient (Wildman–Crippen LogP) is 1.78. The third kappa shape index (κ3) is 6.46. The molecule has 226 valence electrons. The van der Waals surface area contributed by atoms with Crippen molar-refractivity contribution in [3.05, 3.63) is 68.8 Å². The standard InChI is InChI=1S/C29H36F3N7O3/c1-17-13-25(42-4)22(27(41)36-17)15-35-26(40)21-14-24-20(23(34)5-9-33)8-12-39(24)28(18(21)2)37(3)19-6-10-38(11-7-19)16-29(30,31)32/h5,8-9,12-14,19,33H,6-7,10-11,15-16,34H2,1-4H3,(H,35,40)(H,36,41)/p+1/b23-5-,33-9?. The van der Waals surface area contributed by atoms with Gasteiger partial charge in [0.2, 0.25) is 0 Å². The number of hydrogen-bond donors (Lipinski definition) is 4. The molecule has 0 radical (unpaired) electrons. The van der Waals surface area contributed by atoms with Crippen LogP contribution in [0, 0.1) is 13.8 Å². The van der Waals surface area contributed by atoms with E-state index in [1.807, 2.05) is 35.5 Å². The number of anilines is 1. The van der Waals surface area contributed by atoms with Gasteiger partial charge in [0.1, 0.15) is 11.6 Å². The number of alkyl halides is 3. The fourth-order valence-electron chi connectivity index (χ4n) is 5.62.